The first-order valence-corrected chi connectivity index (χ1v) is 12.0. The largest absolute Gasteiger partial charge is 0.507 e. The highest BCUT2D eigenvalue weighted by molar-refractivity contribution is 5.76. The molecular weight excluding hydrogens is 382 g/mol. The number of nitrogens with zero attached hydrogens (tertiary/aromatic N) is 1. The molecule has 2 unspecified atom stereocenters. The second kappa shape index (κ2) is 11.4. The molecule has 1 heterocycles. The van der Waals surface area contributed by atoms with E-state index in [1.165, 1.54) is 31.2 Å². The van der Waals surface area contributed by atoms with Crippen molar-refractivity contribution < 1.29 is 10.2 Å². The molecule has 2 N–H and O–H groups in total. The van der Waals surface area contributed by atoms with Gasteiger partial charge in [0.15, 0.2) is 0 Å². The number of aromatic hydroxyl groups is 2. The van der Waals surface area contributed by atoms with Crippen LogP contribution in [0, 0.1) is 5.92 Å². The van der Waals surface area contributed by atoms with Crippen molar-refractivity contribution in [2.45, 2.75) is 65.2 Å². The molecule has 0 radical (unpaired) electrons. The van der Waals surface area contributed by atoms with Gasteiger partial charge in [-0.2, -0.15) is 0 Å². The van der Waals surface area contributed by atoms with Gasteiger partial charge in [0.1, 0.15) is 11.5 Å². The Bertz CT molecular complexity index is 836. The Balaban J connectivity index is 1.63. The summed E-state index contributed by atoms with van der Waals surface area (Å²) in [5.41, 5.74) is 4.07. The third-order valence-electron chi connectivity index (χ3n) is 6.94. The molecule has 0 bridgehead atoms. The van der Waals surface area contributed by atoms with Gasteiger partial charge < -0.3 is 10.2 Å². The van der Waals surface area contributed by atoms with Gasteiger partial charge in [0.2, 0.25) is 0 Å². The Kier molecular flexibility index (Phi) is 8.60. The minimum Gasteiger partial charge on any atom is -0.507 e. The second-order valence-electron chi connectivity index (χ2n) is 9.21. The number of hydrogen-bond acceptors (Lipinski definition) is 3. The van der Waals surface area contributed by atoms with Crippen LogP contribution in [0.4, 0.5) is 0 Å². The average Bonchev–Trinajstić information content (AvgIpc) is 2.78. The maximum Gasteiger partial charge on any atom is 0.127 e. The van der Waals surface area contributed by atoms with E-state index in [-0.39, 0.29) is 11.5 Å². The van der Waals surface area contributed by atoms with Crippen LogP contribution in [-0.2, 0) is 6.42 Å². The SMILES string of the molecule is CCCCCC(C)C(C)c1cc(O)c(C2=CCN(CCc3ccccc3)CC2)c(O)c1. The maximum atomic E-state index is 10.8. The molecule has 0 aliphatic carbocycles. The van der Waals surface area contributed by atoms with Crippen LogP contribution >= 0.6 is 0 Å². The number of phenols is 2. The first-order valence-electron chi connectivity index (χ1n) is 12.0. The van der Waals surface area contributed by atoms with Gasteiger partial charge >= 0.3 is 0 Å². The minimum absolute atomic E-state index is 0.214. The highest BCUT2D eigenvalue weighted by atomic mass is 16.3. The number of rotatable bonds is 10. The molecule has 1 aliphatic heterocycles. The molecule has 1 aliphatic rings. The highest BCUT2D eigenvalue weighted by Crippen LogP contribution is 2.40. The van der Waals surface area contributed by atoms with Gasteiger partial charge in [0.25, 0.3) is 0 Å². The minimum atomic E-state index is 0.214. The highest BCUT2D eigenvalue weighted by Gasteiger charge is 2.22. The second-order valence-corrected chi connectivity index (χ2v) is 9.21. The van der Waals surface area contributed by atoms with Crippen LogP contribution in [0.1, 0.15) is 75.5 Å². The van der Waals surface area contributed by atoms with Gasteiger partial charge in [-0.15, -0.1) is 0 Å². The summed E-state index contributed by atoms with van der Waals surface area (Å²) in [6.45, 7) is 9.53. The molecule has 2 atom stereocenters. The Hall–Kier alpha value is -2.26. The predicted octanol–water partition coefficient (Wildman–Crippen LogP) is 6.75. The van der Waals surface area contributed by atoms with E-state index in [2.05, 4.69) is 62.1 Å². The van der Waals surface area contributed by atoms with Crippen LogP contribution in [0.15, 0.2) is 48.5 Å². The molecule has 2 aromatic carbocycles. The predicted molar refractivity (Wildman–Crippen MR) is 131 cm³/mol. The molecule has 3 heteroatoms. The zero-order valence-electron chi connectivity index (χ0n) is 19.5. The van der Waals surface area contributed by atoms with E-state index in [0.29, 0.717) is 17.4 Å². The molecule has 0 aromatic heterocycles. The summed E-state index contributed by atoms with van der Waals surface area (Å²) in [7, 11) is 0. The van der Waals surface area contributed by atoms with Crippen molar-refractivity contribution in [1.29, 1.82) is 0 Å². The van der Waals surface area contributed by atoms with Crippen molar-refractivity contribution in [2.24, 2.45) is 5.92 Å². The van der Waals surface area contributed by atoms with E-state index in [0.717, 1.165) is 43.6 Å². The fraction of sp³-hybridized carbons (Fsp3) is 0.500. The van der Waals surface area contributed by atoms with E-state index in [9.17, 15) is 10.2 Å². The van der Waals surface area contributed by atoms with E-state index >= 15 is 0 Å². The summed E-state index contributed by atoms with van der Waals surface area (Å²) >= 11 is 0. The van der Waals surface area contributed by atoms with Crippen molar-refractivity contribution >= 4 is 5.57 Å². The number of hydrogen-bond donors (Lipinski definition) is 2. The Morgan fingerprint density at radius 2 is 1.71 bits per heavy atom. The molecule has 168 valence electrons. The molecular formula is C28H39NO2. The van der Waals surface area contributed by atoms with Crippen molar-refractivity contribution in [2.75, 3.05) is 19.6 Å². The van der Waals surface area contributed by atoms with Crippen molar-refractivity contribution in [3.8, 4) is 11.5 Å². The van der Waals surface area contributed by atoms with Crippen molar-refractivity contribution in [1.82, 2.24) is 4.90 Å². The summed E-state index contributed by atoms with van der Waals surface area (Å²) in [6, 6.07) is 14.3. The summed E-state index contributed by atoms with van der Waals surface area (Å²) in [5.74, 6) is 1.28. The average molecular weight is 422 g/mol. The summed E-state index contributed by atoms with van der Waals surface area (Å²) in [6.07, 6.45) is 8.98. The first kappa shape index (κ1) is 23.4. The van der Waals surface area contributed by atoms with Crippen LogP contribution in [0.3, 0.4) is 0 Å². The van der Waals surface area contributed by atoms with Crippen LogP contribution in [0.2, 0.25) is 0 Å². The molecule has 3 rings (SSSR count). The van der Waals surface area contributed by atoms with Crippen LogP contribution in [-0.4, -0.2) is 34.7 Å². The third kappa shape index (κ3) is 6.36. The standard InChI is InChI=1S/C28H39NO2/c1-4-5-7-10-21(2)22(3)25-19-26(30)28(27(31)20-25)24-14-17-29(18-15-24)16-13-23-11-8-6-9-12-23/h6,8-9,11-12,14,19-22,30-31H,4-5,7,10,13,15-18H2,1-3H3. The van der Waals surface area contributed by atoms with Gasteiger partial charge in [-0.1, -0.05) is 82.9 Å². The van der Waals surface area contributed by atoms with E-state index in [1.807, 2.05) is 12.1 Å². The fourth-order valence-corrected chi connectivity index (χ4v) is 4.59. The lowest BCUT2D eigenvalue weighted by Gasteiger charge is -2.27. The summed E-state index contributed by atoms with van der Waals surface area (Å²) in [4.78, 5) is 2.43. The number of unbranched alkanes of at least 4 members (excludes halogenated alkanes) is 2. The Morgan fingerprint density at radius 1 is 1.00 bits per heavy atom. The van der Waals surface area contributed by atoms with Crippen LogP contribution in [0.25, 0.3) is 5.57 Å². The quantitative estimate of drug-likeness (QED) is 0.417. The lowest BCUT2D eigenvalue weighted by molar-refractivity contribution is 0.305. The zero-order chi connectivity index (χ0) is 22.2. The zero-order valence-corrected chi connectivity index (χ0v) is 19.5. The third-order valence-corrected chi connectivity index (χ3v) is 6.94. The van der Waals surface area contributed by atoms with Crippen LogP contribution in [0.5, 0.6) is 11.5 Å². The number of benzene rings is 2. The number of phenolic OH excluding ortho intramolecular Hbond substituents is 2. The van der Waals surface area contributed by atoms with Gasteiger partial charge in [-0.05, 0) is 53.5 Å². The molecule has 0 spiro atoms. The lowest BCUT2D eigenvalue weighted by atomic mass is 9.84. The molecule has 0 saturated heterocycles. The smallest absolute Gasteiger partial charge is 0.127 e. The fourth-order valence-electron chi connectivity index (χ4n) is 4.59. The molecule has 0 fully saturated rings. The normalized spacial score (nSPS) is 16.7. The maximum absolute atomic E-state index is 10.8. The Labute approximate surface area is 188 Å². The van der Waals surface area contributed by atoms with Gasteiger partial charge in [-0.25, -0.2) is 0 Å². The molecule has 31 heavy (non-hydrogen) atoms. The Morgan fingerprint density at radius 3 is 2.32 bits per heavy atom. The van der Waals surface area contributed by atoms with Gasteiger partial charge in [-0.3, -0.25) is 4.90 Å². The van der Waals surface area contributed by atoms with Crippen molar-refractivity contribution in [3.63, 3.8) is 0 Å². The summed E-state index contributed by atoms with van der Waals surface area (Å²) in [5, 5.41) is 21.5. The molecule has 2 aromatic rings. The molecule has 3 nitrogen and oxygen atoms in total. The van der Waals surface area contributed by atoms with Gasteiger partial charge in [0.05, 0.1) is 5.56 Å². The van der Waals surface area contributed by atoms with E-state index in [4.69, 9.17) is 0 Å². The van der Waals surface area contributed by atoms with E-state index in [1.54, 1.807) is 0 Å². The lowest BCUT2D eigenvalue weighted by Crippen LogP contribution is -2.30. The monoisotopic (exact) mass is 421 g/mol. The van der Waals surface area contributed by atoms with Gasteiger partial charge in [0, 0.05) is 19.6 Å². The topological polar surface area (TPSA) is 43.7 Å². The molecule has 0 saturated carbocycles. The van der Waals surface area contributed by atoms with Crippen LogP contribution < -0.4 is 0 Å². The molecule has 0 amide bonds. The van der Waals surface area contributed by atoms with E-state index < -0.39 is 0 Å². The first-order chi connectivity index (χ1) is 15.0. The summed E-state index contributed by atoms with van der Waals surface area (Å²) < 4.78 is 0. The van der Waals surface area contributed by atoms with Crippen molar-refractivity contribution in [3.05, 3.63) is 65.2 Å².